The average Bonchev–Trinajstić information content (AvgIpc) is 2.44. The molecule has 0 aromatic rings. The SMILES string of the molecule is CC.CC.CS(=O)(=O)N(C=CI)S(C)(=O)=O.CS(=O)(=O)NC=CI.[V].[V]. The van der Waals surface area contributed by atoms with Gasteiger partial charge in [0, 0.05) is 49.5 Å². The van der Waals surface area contributed by atoms with E-state index in [0.717, 1.165) is 25.0 Å². The molecule has 0 bridgehead atoms. The Balaban J connectivity index is -0.0000000629. The average molecular weight is 734 g/mol. The molecular weight excluding hydrogens is 708 g/mol. The monoisotopic (exact) mass is 734 g/mol. The summed E-state index contributed by atoms with van der Waals surface area (Å²) in [6.07, 6.45) is 5.08. The fraction of sp³-hybridized carbons (Fsp3) is 0.636. The van der Waals surface area contributed by atoms with Crippen LogP contribution in [-0.2, 0) is 67.2 Å². The topological polar surface area (TPSA) is 118 Å². The first-order valence-electron chi connectivity index (χ1n) is 6.44. The molecule has 0 heterocycles. The predicted octanol–water partition coefficient (Wildman–Crippen LogP) is 2.60. The molecule has 15 heteroatoms. The van der Waals surface area contributed by atoms with Crippen LogP contribution in [0.1, 0.15) is 27.7 Å². The van der Waals surface area contributed by atoms with Gasteiger partial charge in [0.15, 0.2) is 0 Å². The molecule has 1 N–H and O–H groups in total. The molecule has 0 aliphatic rings. The summed E-state index contributed by atoms with van der Waals surface area (Å²) in [6, 6.07) is 0. The summed E-state index contributed by atoms with van der Waals surface area (Å²) >= 11 is 3.65. The van der Waals surface area contributed by atoms with Crippen molar-refractivity contribution in [3.05, 3.63) is 20.6 Å². The van der Waals surface area contributed by atoms with Crippen LogP contribution in [0.25, 0.3) is 0 Å². The molecule has 26 heavy (non-hydrogen) atoms. The van der Waals surface area contributed by atoms with E-state index in [2.05, 4.69) is 4.72 Å². The maximum absolute atomic E-state index is 10.9. The second-order valence-corrected chi connectivity index (χ2v) is 10.4. The number of nitrogens with one attached hydrogen (secondary N) is 1. The van der Waals surface area contributed by atoms with E-state index in [1.807, 2.05) is 50.3 Å². The van der Waals surface area contributed by atoms with Crippen LogP contribution in [-0.4, -0.2) is 47.7 Å². The molecule has 8 nitrogen and oxygen atoms in total. The number of sulfonamides is 3. The Bertz CT molecular complexity index is 634. The molecule has 2 radical (unpaired) electrons. The summed E-state index contributed by atoms with van der Waals surface area (Å²) in [5.41, 5.74) is 0. The Kier molecular flexibility index (Phi) is 36.7. The van der Waals surface area contributed by atoms with Gasteiger partial charge >= 0.3 is 0 Å². The van der Waals surface area contributed by atoms with Crippen molar-refractivity contribution in [2.75, 3.05) is 18.8 Å². The minimum atomic E-state index is -3.73. The molecular formula is C11H26I2N2O6S3V2. The van der Waals surface area contributed by atoms with Crippen molar-refractivity contribution in [2.24, 2.45) is 0 Å². The third-order valence-corrected chi connectivity index (χ3v) is 5.60. The van der Waals surface area contributed by atoms with Gasteiger partial charge in [0.1, 0.15) is 0 Å². The van der Waals surface area contributed by atoms with Crippen molar-refractivity contribution < 1.29 is 62.4 Å². The molecule has 0 atom stereocenters. The van der Waals surface area contributed by atoms with Crippen molar-refractivity contribution in [2.45, 2.75) is 27.7 Å². The Labute approximate surface area is 210 Å². The van der Waals surface area contributed by atoms with E-state index in [0.29, 0.717) is 3.71 Å². The summed E-state index contributed by atoms with van der Waals surface area (Å²) < 4.78 is 69.2. The maximum Gasteiger partial charge on any atom is 0.244 e. The van der Waals surface area contributed by atoms with Crippen LogP contribution in [0.15, 0.2) is 20.6 Å². The molecule has 0 saturated heterocycles. The number of rotatable bonds is 5. The summed E-state index contributed by atoms with van der Waals surface area (Å²) in [6.45, 7) is 8.00. The van der Waals surface area contributed by atoms with Crippen LogP contribution in [0.4, 0.5) is 0 Å². The zero-order valence-corrected chi connectivity index (χ0v) is 25.1. The third-order valence-electron chi connectivity index (χ3n) is 1.18. The second-order valence-electron chi connectivity index (χ2n) is 3.21. The van der Waals surface area contributed by atoms with E-state index >= 15 is 0 Å². The number of hydrogen-bond donors (Lipinski definition) is 1. The Morgan fingerprint density at radius 2 is 1.04 bits per heavy atom. The molecule has 0 spiro atoms. The van der Waals surface area contributed by atoms with Gasteiger partial charge < -0.3 is 0 Å². The number of halogens is 2. The van der Waals surface area contributed by atoms with Gasteiger partial charge in [-0.15, -0.1) is 0 Å². The molecule has 158 valence electrons. The number of nitrogens with zero attached hydrogens (tertiary/aromatic N) is 1. The van der Waals surface area contributed by atoms with E-state index in [-0.39, 0.29) is 37.1 Å². The molecule has 0 saturated carbocycles. The first-order chi connectivity index (χ1) is 10.8. The molecule has 0 aromatic heterocycles. The summed E-state index contributed by atoms with van der Waals surface area (Å²) in [7, 11) is -10.5. The molecule has 0 aliphatic heterocycles. The van der Waals surface area contributed by atoms with Gasteiger partial charge in [-0.25, -0.2) is 25.3 Å². The van der Waals surface area contributed by atoms with Crippen LogP contribution < -0.4 is 4.72 Å². The summed E-state index contributed by atoms with van der Waals surface area (Å²) in [5.74, 6) is 0. The first kappa shape index (κ1) is 41.8. The zero-order chi connectivity index (χ0) is 20.6. The van der Waals surface area contributed by atoms with E-state index in [4.69, 9.17) is 0 Å². The van der Waals surface area contributed by atoms with Gasteiger partial charge in [-0.2, -0.15) is 3.71 Å². The first-order valence-corrected chi connectivity index (χ1v) is 14.5. The normalized spacial score (nSPS) is 10.5. The largest absolute Gasteiger partial charge is 0.290 e. The Morgan fingerprint density at radius 3 is 1.12 bits per heavy atom. The molecule has 0 aliphatic carbocycles. The summed E-state index contributed by atoms with van der Waals surface area (Å²) in [4.78, 5) is 0. The van der Waals surface area contributed by atoms with E-state index in [9.17, 15) is 25.3 Å². The third kappa shape index (κ3) is 33.2. The fourth-order valence-electron chi connectivity index (χ4n) is 0.662. The standard InChI is InChI=1S/C4H8INO4S2.C3H6INO2S.2C2H6.2V/c1-11(7,8)6(4-3-5)12(2,9)10;1-8(6,7)5-3-2-4;2*1-2;;/h3-4H,1-2H3;2-3,5H,1H3;2*1-2H3;;. The maximum atomic E-state index is 10.9. The van der Waals surface area contributed by atoms with Crippen molar-refractivity contribution in [1.82, 2.24) is 8.43 Å². The quantitative estimate of drug-likeness (QED) is 0.435. The Hall–Kier alpha value is 1.56. The predicted molar refractivity (Wildman–Crippen MR) is 119 cm³/mol. The summed E-state index contributed by atoms with van der Waals surface area (Å²) in [5, 5.41) is 0. The van der Waals surface area contributed by atoms with Gasteiger partial charge in [0.25, 0.3) is 0 Å². The Morgan fingerprint density at radius 1 is 0.731 bits per heavy atom. The van der Waals surface area contributed by atoms with E-state index < -0.39 is 30.1 Å². The van der Waals surface area contributed by atoms with Gasteiger partial charge in [0.05, 0.1) is 18.8 Å². The van der Waals surface area contributed by atoms with Crippen LogP contribution in [0.5, 0.6) is 0 Å². The van der Waals surface area contributed by atoms with Crippen molar-refractivity contribution in [1.29, 1.82) is 0 Å². The smallest absolute Gasteiger partial charge is 0.244 e. The molecule has 0 fully saturated rings. The second kappa shape index (κ2) is 22.8. The molecule has 0 amide bonds. The minimum absolute atomic E-state index is 0. The van der Waals surface area contributed by atoms with Crippen LogP contribution >= 0.6 is 45.2 Å². The van der Waals surface area contributed by atoms with E-state index in [1.54, 1.807) is 26.7 Å². The molecule has 0 aromatic carbocycles. The van der Waals surface area contributed by atoms with Crippen LogP contribution in [0.2, 0.25) is 0 Å². The van der Waals surface area contributed by atoms with Gasteiger partial charge in [-0.3, -0.25) is 4.72 Å². The van der Waals surface area contributed by atoms with Gasteiger partial charge in [-0.05, 0) is 8.17 Å². The van der Waals surface area contributed by atoms with Gasteiger partial charge in [-0.1, -0.05) is 72.9 Å². The van der Waals surface area contributed by atoms with Crippen molar-refractivity contribution in [3.8, 4) is 0 Å². The number of hydrogen-bond acceptors (Lipinski definition) is 6. The molecule has 0 rings (SSSR count). The van der Waals surface area contributed by atoms with Gasteiger partial charge in [0.2, 0.25) is 30.1 Å². The molecule has 0 unspecified atom stereocenters. The zero-order valence-electron chi connectivity index (χ0n) is 15.6. The van der Waals surface area contributed by atoms with Crippen molar-refractivity contribution in [3.63, 3.8) is 0 Å². The van der Waals surface area contributed by atoms with E-state index in [1.165, 1.54) is 10.3 Å². The fourth-order valence-corrected chi connectivity index (χ4v) is 4.69. The van der Waals surface area contributed by atoms with Crippen LogP contribution in [0, 0.1) is 0 Å². The minimum Gasteiger partial charge on any atom is -0.290 e. The van der Waals surface area contributed by atoms with Crippen LogP contribution in [0.3, 0.4) is 0 Å². The van der Waals surface area contributed by atoms with Crippen molar-refractivity contribution >= 4 is 75.3 Å².